The molecule has 24 heavy (non-hydrogen) atoms. The van der Waals surface area contributed by atoms with Crippen LogP contribution < -0.4 is 15.8 Å². The highest BCUT2D eigenvalue weighted by Crippen LogP contribution is 2.30. The molecule has 0 aliphatic heterocycles. The number of ether oxygens (including phenoxy) is 2. The van der Waals surface area contributed by atoms with Crippen LogP contribution in [0.25, 0.3) is 0 Å². The first-order chi connectivity index (χ1) is 10.9. The van der Waals surface area contributed by atoms with Crippen LogP contribution in [0, 0.1) is 18.6 Å². The summed E-state index contributed by atoms with van der Waals surface area (Å²) in [5, 5.41) is 11.2. The summed E-state index contributed by atoms with van der Waals surface area (Å²) in [4.78, 5) is 22.8. The molecule has 1 amide bonds. The number of amides is 1. The van der Waals surface area contributed by atoms with Crippen molar-refractivity contribution in [3.8, 4) is 5.75 Å². The highest BCUT2D eigenvalue weighted by atomic mass is 19.1. The zero-order valence-corrected chi connectivity index (χ0v) is 13.8. The number of nitrogens with one attached hydrogen (secondary N) is 1. The Hall–Kier alpha value is -2.58. The number of benzene rings is 1. The molecular weight excluding hydrogens is 326 g/mol. The summed E-state index contributed by atoms with van der Waals surface area (Å²) in [7, 11) is 0. The first-order valence-electron chi connectivity index (χ1n) is 7.01. The number of rotatable bonds is 5. The van der Waals surface area contributed by atoms with Gasteiger partial charge in [0.05, 0.1) is 0 Å². The quantitative estimate of drug-likeness (QED) is 0.705. The van der Waals surface area contributed by atoms with Crippen molar-refractivity contribution >= 4 is 17.7 Å². The number of alkyl carbamates (subject to hydrolysis) is 1. The van der Waals surface area contributed by atoms with Gasteiger partial charge in [-0.25, -0.2) is 18.4 Å². The van der Waals surface area contributed by atoms with Gasteiger partial charge in [0.2, 0.25) is 0 Å². The second kappa shape index (κ2) is 7.33. The summed E-state index contributed by atoms with van der Waals surface area (Å²) in [5.41, 5.74) is 4.13. The molecule has 0 aromatic heterocycles. The number of hydrogen-bond donors (Lipinski definition) is 3. The number of carbonyl (C=O) groups is 2. The average Bonchev–Trinajstić information content (AvgIpc) is 2.41. The standard InChI is InChI=1S/C15H20F2N2O5/c1-7-8(16)5-9(17)11(18)12(7)23-6-10(13(20)21)19-14(22)24-15(2,3)4/h5,10H,6,18H2,1-4H3,(H,19,22)(H,20,21)/t10-/m1/s1. The summed E-state index contributed by atoms with van der Waals surface area (Å²) in [5.74, 6) is -3.64. The van der Waals surface area contributed by atoms with Crippen molar-refractivity contribution in [2.75, 3.05) is 12.3 Å². The molecule has 9 heteroatoms. The first-order valence-corrected chi connectivity index (χ1v) is 7.01. The molecular formula is C15H20F2N2O5. The van der Waals surface area contributed by atoms with Crippen molar-refractivity contribution in [2.24, 2.45) is 0 Å². The smallest absolute Gasteiger partial charge is 0.408 e. The number of nitrogens with two attached hydrogens (primary N) is 1. The predicted octanol–water partition coefficient (Wildman–Crippen LogP) is 2.21. The molecule has 4 N–H and O–H groups in total. The van der Waals surface area contributed by atoms with E-state index >= 15 is 0 Å². The van der Waals surface area contributed by atoms with Gasteiger partial charge in [0.25, 0.3) is 0 Å². The van der Waals surface area contributed by atoms with Crippen molar-refractivity contribution in [1.82, 2.24) is 5.32 Å². The van der Waals surface area contributed by atoms with E-state index < -0.39 is 47.6 Å². The molecule has 0 unspecified atom stereocenters. The molecule has 0 bridgehead atoms. The largest absolute Gasteiger partial charge is 0.488 e. The Balaban J connectivity index is 2.86. The van der Waals surface area contributed by atoms with E-state index in [0.29, 0.717) is 6.07 Å². The van der Waals surface area contributed by atoms with Gasteiger partial charge in [0, 0.05) is 11.6 Å². The van der Waals surface area contributed by atoms with Gasteiger partial charge in [0.15, 0.2) is 17.6 Å². The Morgan fingerprint density at radius 2 is 1.92 bits per heavy atom. The van der Waals surface area contributed by atoms with E-state index in [0.717, 1.165) is 0 Å². The minimum Gasteiger partial charge on any atom is -0.488 e. The normalized spacial score (nSPS) is 12.4. The van der Waals surface area contributed by atoms with Crippen LogP contribution in [0.1, 0.15) is 26.3 Å². The fourth-order valence-corrected chi connectivity index (χ4v) is 1.69. The maximum absolute atomic E-state index is 13.5. The first kappa shape index (κ1) is 19.5. The van der Waals surface area contributed by atoms with Crippen LogP contribution in [0.4, 0.5) is 19.3 Å². The van der Waals surface area contributed by atoms with Gasteiger partial charge < -0.3 is 25.6 Å². The maximum atomic E-state index is 13.5. The van der Waals surface area contributed by atoms with Crippen LogP contribution in [0.3, 0.4) is 0 Å². The Morgan fingerprint density at radius 3 is 2.42 bits per heavy atom. The number of halogens is 2. The number of anilines is 1. The molecule has 0 saturated carbocycles. The van der Waals surface area contributed by atoms with Crippen LogP contribution in [-0.2, 0) is 9.53 Å². The number of aliphatic carboxylic acids is 1. The van der Waals surface area contributed by atoms with Gasteiger partial charge in [-0.15, -0.1) is 0 Å². The van der Waals surface area contributed by atoms with E-state index in [1.54, 1.807) is 20.8 Å². The predicted molar refractivity (Wildman–Crippen MR) is 81.8 cm³/mol. The molecule has 134 valence electrons. The van der Waals surface area contributed by atoms with Crippen LogP contribution in [-0.4, -0.2) is 35.4 Å². The third-order valence-electron chi connectivity index (χ3n) is 2.84. The van der Waals surface area contributed by atoms with Gasteiger partial charge >= 0.3 is 12.1 Å². The lowest BCUT2D eigenvalue weighted by Gasteiger charge is -2.22. The Kier molecular flexibility index (Phi) is 5.94. The third kappa shape index (κ3) is 5.25. The van der Waals surface area contributed by atoms with Gasteiger partial charge in [-0.1, -0.05) is 0 Å². The Morgan fingerprint density at radius 1 is 1.33 bits per heavy atom. The van der Waals surface area contributed by atoms with Crippen LogP contribution in [0.5, 0.6) is 5.75 Å². The lowest BCUT2D eigenvalue weighted by Crippen LogP contribution is -2.46. The van der Waals surface area contributed by atoms with E-state index in [1.807, 2.05) is 0 Å². The molecule has 1 rings (SSSR count). The van der Waals surface area contributed by atoms with Gasteiger partial charge in [-0.05, 0) is 27.7 Å². The molecule has 0 aliphatic rings. The van der Waals surface area contributed by atoms with E-state index in [1.165, 1.54) is 6.92 Å². The van der Waals surface area contributed by atoms with Gasteiger partial charge in [-0.3, -0.25) is 0 Å². The van der Waals surface area contributed by atoms with E-state index in [4.69, 9.17) is 20.3 Å². The minimum absolute atomic E-state index is 0.0738. The van der Waals surface area contributed by atoms with Crippen molar-refractivity contribution in [1.29, 1.82) is 0 Å². The van der Waals surface area contributed by atoms with Crippen molar-refractivity contribution < 1.29 is 33.0 Å². The fourth-order valence-electron chi connectivity index (χ4n) is 1.69. The number of nitrogen functional groups attached to an aromatic ring is 1. The third-order valence-corrected chi connectivity index (χ3v) is 2.84. The zero-order valence-electron chi connectivity index (χ0n) is 13.8. The van der Waals surface area contributed by atoms with E-state index in [-0.39, 0.29) is 11.3 Å². The molecule has 0 radical (unpaired) electrons. The average molecular weight is 346 g/mol. The SMILES string of the molecule is Cc1c(F)cc(F)c(N)c1OC[C@@H](NC(=O)OC(C)(C)C)C(=O)O. The summed E-state index contributed by atoms with van der Waals surface area (Å²) in [6.45, 7) is 5.54. The highest BCUT2D eigenvalue weighted by Gasteiger charge is 2.26. The van der Waals surface area contributed by atoms with Gasteiger partial charge in [0.1, 0.15) is 23.7 Å². The summed E-state index contributed by atoms with van der Waals surface area (Å²) in [6.07, 6.45) is -0.964. The molecule has 0 spiro atoms. The molecule has 1 atom stereocenters. The Bertz CT molecular complexity index is 617. The fraction of sp³-hybridized carbons (Fsp3) is 0.467. The van der Waals surface area contributed by atoms with Crippen LogP contribution in [0.2, 0.25) is 0 Å². The summed E-state index contributed by atoms with van der Waals surface area (Å²) >= 11 is 0. The second-order valence-electron chi connectivity index (χ2n) is 6.06. The van der Waals surface area contributed by atoms with Crippen LogP contribution in [0.15, 0.2) is 6.07 Å². The van der Waals surface area contributed by atoms with Crippen molar-refractivity contribution in [3.05, 3.63) is 23.3 Å². The highest BCUT2D eigenvalue weighted by molar-refractivity contribution is 5.80. The van der Waals surface area contributed by atoms with E-state index in [2.05, 4.69) is 5.32 Å². The lowest BCUT2D eigenvalue weighted by atomic mass is 10.1. The number of carbonyl (C=O) groups excluding carboxylic acids is 1. The lowest BCUT2D eigenvalue weighted by molar-refractivity contribution is -0.140. The molecule has 1 aromatic rings. The molecule has 0 saturated heterocycles. The topological polar surface area (TPSA) is 111 Å². The number of carboxylic acid groups (broad SMARTS) is 1. The molecule has 0 aliphatic carbocycles. The molecule has 7 nitrogen and oxygen atoms in total. The Labute approximate surface area is 137 Å². The van der Waals surface area contributed by atoms with Gasteiger partial charge in [-0.2, -0.15) is 0 Å². The van der Waals surface area contributed by atoms with Crippen molar-refractivity contribution in [2.45, 2.75) is 39.3 Å². The minimum atomic E-state index is -1.50. The summed E-state index contributed by atoms with van der Waals surface area (Å²) < 4.78 is 37.0. The maximum Gasteiger partial charge on any atom is 0.408 e. The molecule has 0 heterocycles. The number of hydrogen-bond acceptors (Lipinski definition) is 5. The van der Waals surface area contributed by atoms with E-state index in [9.17, 15) is 18.4 Å². The number of carboxylic acids is 1. The molecule has 1 aromatic carbocycles. The second-order valence-corrected chi connectivity index (χ2v) is 6.06. The van der Waals surface area contributed by atoms with Crippen molar-refractivity contribution in [3.63, 3.8) is 0 Å². The monoisotopic (exact) mass is 346 g/mol. The zero-order chi connectivity index (χ0) is 18.7. The summed E-state index contributed by atoms with van der Waals surface area (Å²) in [6, 6.07) is -0.893. The molecule has 0 fully saturated rings. The van der Waals surface area contributed by atoms with Crippen LogP contribution >= 0.6 is 0 Å².